The minimum absolute atomic E-state index is 0.0142. The molecular formula is C17H17FN2O2S. The van der Waals surface area contributed by atoms with E-state index >= 15 is 0 Å². The number of carbonyl (C=O) groups is 2. The lowest BCUT2D eigenvalue weighted by Gasteiger charge is -2.23. The number of carbonyl (C=O) groups excluding carboxylic acids is 2. The molecule has 1 atom stereocenters. The van der Waals surface area contributed by atoms with E-state index < -0.39 is 6.04 Å². The van der Waals surface area contributed by atoms with Crippen LogP contribution in [-0.2, 0) is 22.7 Å². The number of hydrogen-bond acceptors (Lipinski definition) is 3. The zero-order valence-corrected chi connectivity index (χ0v) is 13.3. The number of hydrogen-bond donors (Lipinski definition) is 1. The molecule has 0 aliphatic carbocycles. The van der Waals surface area contributed by atoms with E-state index in [0.29, 0.717) is 25.9 Å². The summed E-state index contributed by atoms with van der Waals surface area (Å²) >= 11 is 1.58. The first-order valence-corrected chi connectivity index (χ1v) is 8.35. The van der Waals surface area contributed by atoms with Crippen molar-refractivity contribution in [3.05, 3.63) is 58.0 Å². The number of thiophene rings is 1. The average molecular weight is 332 g/mol. The van der Waals surface area contributed by atoms with Crippen molar-refractivity contribution in [1.82, 2.24) is 10.2 Å². The molecule has 0 saturated carbocycles. The molecule has 1 fully saturated rings. The van der Waals surface area contributed by atoms with Crippen molar-refractivity contribution in [3.8, 4) is 0 Å². The molecule has 4 nitrogen and oxygen atoms in total. The Morgan fingerprint density at radius 3 is 2.78 bits per heavy atom. The fourth-order valence-corrected chi connectivity index (χ4v) is 3.39. The van der Waals surface area contributed by atoms with Crippen LogP contribution in [0.2, 0.25) is 0 Å². The van der Waals surface area contributed by atoms with Gasteiger partial charge in [-0.05, 0) is 35.6 Å². The summed E-state index contributed by atoms with van der Waals surface area (Å²) in [7, 11) is 0. The molecule has 1 aliphatic rings. The maximum Gasteiger partial charge on any atom is 0.243 e. The molecule has 2 amide bonds. The van der Waals surface area contributed by atoms with E-state index in [1.165, 1.54) is 12.1 Å². The third-order valence-electron chi connectivity index (χ3n) is 3.92. The van der Waals surface area contributed by atoms with Crippen LogP contribution in [0.25, 0.3) is 0 Å². The van der Waals surface area contributed by atoms with E-state index in [1.807, 2.05) is 17.5 Å². The molecule has 1 saturated heterocycles. The highest BCUT2D eigenvalue weighted by Gasteiger charge is 2.35. The molecular weight excluding hydrogens is 315 g/mol. The minimum Gasteiger partial charge on any atom is -0.350 e. The van der Waals surface area contributed by atoms with E-state index in [0.717, 1.165) is 10.4 Å². The van der Waals surface area contributed by atoms with Crippen LogP contribution >= 0.6 is 11.3 Å². The molecule has 0 bridgehead atoms. The SMILES string of the molecule is O=C(NCc1ccc(F)cc1)[C@@H]1CCC(=O)N1Cc1cccs1. The van der Waals surface area contributed by atoms with E-state index in [4.69, 9.17) is 0 Å². The predicted octanol–water partition coefficient (Wildman–Crippen LogP) is 2.69. The molecule has 6 heteroatoms. The van der Waals surface area contributed by atoms with Gasteiger partial charge < -0.3 is 10.2 Å². The second kappa shape index (κ2) is 6.91. The molecule has 1 aliphatic heterocycles. The third-order valence-corrected chi connectivity index (χ3v) is 4.78. The van der Waals surface area contributed by atoms with E-state index in [9.17, 15) is 14.0 Å². The first-order chi connectivity index (χ1) is 11.1. The monoisotopic (exact) mass is 332 g/mol. The van der Waals surface area contributed by atoms with Crippen LogP contribution in [0.1, 0.15) is 23.3 Å². The molecule has 120 valence electrons. The molecule has 0 radical (unpaired) electrons. The highest BCUT2D eigenvalue weighted by molar-refractivity contribution is 7.09. The number of nitrogens with zero attached hydrogens (tertiary/aromatic N) is 1. The van der Waals surface area contributed by atoms with Gasteiger partial charge in [-0.25, -0.2) is 4.39 Å². The normalized spacial score (nSPS) is 17.5. The molecule has 1 N–H and O–H groups in total. The molecule has 2 aromatic rings. The van der Waals surface area contributed by atoms with Gasteiger partial charge >= 0.3 is 0 Å². The second-order valence-corrected chi connectivity index (χ2v) is 6.53. The van der Waals surface area contributed by atoms with Gasteiger partial charge in [0.2, 0.25) is 11.8 Å². The number of benzene rings is 1. The molecule has 1 aromatic heterocycles. The summed E-state index contributed by atoms with van der Waals surface area (Å²) in [5.41, 5.74) is 0.828. The first-order valence-electron chi connectivity index (χ1n) is 7.47. The highest BCUT2D eigenvalue weighted by atomic mass is 32.1. The Labute approximate surface area is 137 Å². The molecule has 2 heterocycles. The number of nitrogens with one attached hydrogen (secondary N) is 1. The van der Waals surface area contributed by atoms with Crippen LogP contribution in [-0.4, -0.2) is 22.8 Å². The Balaban J connectivity index is 1.61. The lowest BCUT2D eigenvalue weighted by atomic mass is 10.2. The second-order valence-electron chi connectivity index (χ2n) is 5.50. The van der Waals surface area contributed by atoms with Crippen LogP contribution in [0.3, 0.4) is 0 Å². The van der Waals surface area contributed by atoms with Gasteiger partial charge in [-0.2, -0.15) is 0 Å². The van der Waals surface area contributed by atoms with Gasteiger partial charge in [-0.3, -0.25) is 9.59 Å². The van der Waals surface area contributed by atoms with E-state index in [2.05, 4.69) is 5.32 Å². The van der Waals surface area contributed by atoms with Gasteiger partial charge in [-0.15, -0.1) is 11.3 Å². The van der Waals surface area contributed by atoms with E-state index in [-0.39, 0.29) is 17.6 Å². The summed E-state index contributed by atoms with van der Waals surface area (Å²) in [6.45, 7) is 0.807. The standard InChI is InChI=1S/C17H17FN2O2S/c18-13-5-3-12(4-6-13)10-19-17(22)15-7-8-16(21)20(15)11-14-2-1-9-23-14/h1-6,9,15H,7-8,10-11H2,(H,19,22)/t15-/m0/s1. The predicted molar refractivity (Wildman–Crippen MR) is 86.1 cm³/mol. The van der Waals surface area contributed by atoms with Gasteiger partial charge in [0.25, 0.3) is 0 Å². The summed E-state index contributed by atoms with van der Waals surface area (Å²) in [4.78, 5) is 27.1. The summed E-state index contributed by atoms with van der Waals surface area (Å²) in [5.74, 6) is -0.444. The Morgan fingerprint density at radius 1 is 1.30 bits per heavy atom. The van der Waals surface area contributed by atoms with Crippen LogP contribution in [0.15, 0.2) is 41.8 Å². The Hall–Kier alpha value is -2.21. The van der Waals surface area contributed by atoms with Crippen LogP contribution in [0.4, 0.5) is 4.39 Å². The van der Waals surface area contributed by atoms with Crippen molar-refractivity contribution in [2.45, 2.75) is 32.0 Å². The summed E-state index contributed by atoms with van der Waals surface area (Å²) in [6.07, 6.45) is 0.944. The third kappa shape index (κ3) is 3.76. The Kier molecular flexibility index (Phi) is 4.71. The smallest absolute Gasteiger partial charge is 0.243 e. The molecule has 1 aromatic carbocycles. The zero-order chi connectivity index (χ0) is 16.2. The van der Waals surface area contributed by atoms with Gasteiger partial charge in [0, 0.05) is 17.8 Å². The van der Waals surface area contributed by atoms with Crippen molar-refractivity contribution >= 4 is 23.2 Å². The maximum absolute atomic E-state index is 12.9. The quantitative estimate of drug-likeness (QED) is 0.915. The lowest BCUT2D eigenvalue weighted by molar-refractivity contribution is -0.135. The van der Waals surface area contributed by atoms with Crippen LogP contribution < -0.4 is 5.32 Å². The summed E-state index contributed by atoms with van der Waals surface area (Å²) in [5, 5.41) is 4.80. The fourth-order valence-electron chi connectivity index (χ4n) is 2.68. The molecule has 23 heavy (non-hydrogen) atoms. The molecule has 0 unspecified atom stereocenters. The molecule has 3 rings (SSSR count). The van der Waals surface area contributed by atoms with Gasteiger partial charge in [0.15, 0.2) is 0 Å². The van der Waals surface area contributed by atoms with Crippen molar-refractivity contribution in [1.29, 1.82) is 0 Å². The Bertz CT molecular complexity index is 685. The summed E-state index contributed by atoms with van der Waals surface area (Å²) < 4.78 is 12.9. The van der Waals surface area contributed by atoms with Gasteiger partial charge in [0.05, 0.1) is 6.54 Å². The largest absolute Gasteiger partial charge is 0.350 e. The minimum atomic E-state index is -0.426. The van der Waals surface area contributed by atoms with Crippen molar-refractivity contribution in [3.63, 3.8) is 0 Å². The number of amides is 2. The molecule has 0 spiro atoms. The van der Waals surface area contributed by atoms with Crippen molar-refractivity contribution < 1.29 is 14.0 Å². The average Bonchev–Trinajstić information content (AvgIpc) is 3.18. The lowest BCUT2D eigenvalue weighted by Crippen LogP contribution is -2.43. The highest BCUT2D eigenvalue weighted by Crippen LogP contribution is 2.23. The van der Waals surface area contributed by atoms with Gasteiger partial charge in [-0.1, -0.05) is 18.2 Å². The zero-order valence-electron chi connectivity index (χ0n) is 12.5. The van der Waals surface area contributed by atoms with Crippen LogP contribution in [0, 0.1) is 5.82 Å². The topological polar surface area (TPSA) is 49.4 Å². The van der Waals surface area contributed by atoms with Gasteiger partial charge in [0.1, 0.15) is 11.9 Å². The first kappa shape index (κ1) is 15.7. The Morgan fingerprint density at radius 2 is 2.09 bits per heavy atom. The van der Waals surface area contributed by atoms with Crippen LogP contribution in [0.5, 0.6) is 0 Å². The maximum atomic E-state index is 12.9. The number of halogens is 1. The number of rotatable bonds is 5. The number of likely N-dealkylation sites (tertiary alicyclic amines) is 1. The van der Waals surface area contributed by atoms with Crippen molar-refractivity contribution in [2.24, 2.45) is 0 Å². The fraction of sp³-hybridized carbons (Fsp3) is 0.294. The van der Waals surface area contributed by atoms with Crippen molar-refractivity contribution in [2.75, 3.05) is 0 Å². The van der Waals surface area contributed by atoms with E-state index in [1.54, 1.807) is 28.4 Å². The summed E-state index contributed by atoms with van der Waals surface area (Å²) in [6, 6.07) is 9.48.